The van der Waals surface area contributed by atoms with Crippen LogP contribution in [0.1, 0.15) is 32.9 Å². The SMILES string of the molecule is COc1ccccc1C(=O)Nc1c(C)nn(Cc2cccc(C(F)(F)F)c2)c1C. The summed E-state index contributed by atoms with van der Waals surface area (Å²) in [7, 11) is 1.48. The molecule has 1 aromatic heterocycles. The van der Waals surface area contributed by atoms with Crippen molar-refractivity contribution in [2.75, 3.05) is 12.4 Å². The van der Waals surface area contributed by atoms with E-state index in [0.29, 0.717) is 34.0 Å². The number of anilines is 1. The van der Waals surface area contributed by atoms with E-state index in [4.69, 9.17) is 4.74 Å². The van der Waals surface area contributed by atoms with Gasteiger partial charge in [0.25, 0.3) is 5.91 Å². The van der Waals surface area contributed by atoms with Gasteiger partial charge in [0.1, 0.15) is 5.75 Å². The Morgan fingerprint density at radius 3 is 2.55 bits per heavy atom. The number of aryl methyl sites for hydroxylation is 1. The maximum absolute atomic E-state index is 12.9. The highest BCUT2D eigenvalue weighted by Crippen LogP contribution is 2.30. The fourth-order valence-corrected chi connectivity index (χ4v) is 3.06. The van der Waals surface area contributed by atoms with Crippen molar-refractivity contribution < 1.29 is 22.7 Å². The van der Waals surface area contributed by atoms with E-state index in [1.165, 1.54) is 13.2 Å². The lowest BCUT2D eigenvalue weighted by molar-refractivity contribution is -0.137. The molecule has 152 valence electrons. The van der Waals surface area contributed by atoms with E-state index in [9.17, 15) is 18.0 Å². The molecule has 0 radical (unpaired) electrons. The minimum absolute atomic E-state index is 0.154. The zero-order chi connectivity index (χ0) is 21.2. The van der Waals surface area contributed by atoms with Crippen molar-refractivity contribution in [2.24, 2.45) is 0 Å². The lowest BCUT2D eigenvalue weighted by Crippen LogP contribution is -2.14. The molecule has 0 saturated carbocycles. The maximum Gasteiger partial charge on any atom is 0.416 e. The normalized spacial score (nSPS) is 11.4. The summed E-state index contributed by atoms with van der Waals surface area (Å²) in [5.41, 5.74) is 1.86. The van der Waals surface area contributed by atoms with Gasteiger partial charge in [-0.25, -0.2) is 0 Å². The van der Waals surface area contributed by atoms with Crippen LogP contribution in [-0.2, 0) is 12.7 Å². The predicted octanol–water partition coefficient (Wildman–Crippen LogP) is 4.83. The van der Waals surface area contributed by atoms with Crippen molar-refractivity contribution in [3.05, 3.63) is 76.6 Å². The third-order valence-corrected chi connectivity index (χ3v) is 4.56. The minimum Gasteiger partial charge on any atom is -0.496 e. The van der Waals surface area contributed by atoms with Gasteiger partial charge in [-0.2, -0.15) is 18.3 Å². The zero-order valence-corrected chi connectivity index (χ0v) is 16.2. The highest BCUT2D eigenvalue weighted by atomic mass is 19.4. The van der Waals surface area contributed by atoms with Crippen LogP contribution in [0.15, 0.2) is 48.5 Å². The van der Waals surface area contributed by atoms with Crippen LogP contribution in [0, 0.1) is 13.8 Å². The molecule has 0 atom stereocenters. The van der Waals surface area contributed by atoms with Crippen LogP contribution in [0.25, 0.3) is 0 Å². The van der Waals surface area contributed by atoms with Crippen LogP contribution in [-0.4, -0.2) is 22.8 Å². The van der Waals surface area contributed by atoms with Gasteiger partial charge in [0.2, 0.25) is 0 Å². The van der Waals surface area contributed by atoms with Crippen LogP contribution in [0.2, 0.25) is 0 Å². The van der Waals surface area contributed by atoms with Gasteiger partial charge in [0.05, 0.1) is 41.9 Å². The minimum atomic E-state index is -4.40. The van der Waals surface area contributed by atoms with Gasteiger partial charge in [-0.15, -0.1) is 0 Å². The number of hydrogen-bond acceptors (Lipinski definition) is 3. The van der Waals surface area contributed by atoms with Crippen molar-refractivity contribution in [1.29, 1.82) is 0 Å². The lowest BCUT2D eigenvalue weighted by atomic mass is 10.1. The zero-order valence-electron chi connectivity index (χ0n) is 16.2. The van der Waals surface area contributed by atoms with Gasteiger partial charge < -0.3 is 10.1 Å². The number of alkyl halides is 3. The molecule has 0 aliphatic carbocycles. The monoisotopic (exact) mass is 403 g/mol. The number of nitrogens with one attached hydrogen (secondary N) is 1. The number of halogens is 3. The third-order valence-electron chi connectivity index (χ3n) is 4.56. The molecular weight excluding hydrogens is 383 g/mol. The summed E-state index contributed by atoms with van der Waals surface area (Å²) in [4.78, 5) is 12.7. The van der Waals surface area contributed by atoms with Gasteiger partial charge in [0.15, 0.2) is 0 Å². The average Bonchev–Trinajstić information content (AvgIpc) is 2.94. The van der Waals surface area contributed by atoms with Gasteiger partial charge in [-0.1, -0.05) is 24.3 Å². The van der Waals surface area contributed by atoms with Crippen molar-refractivity contribution in [3.8, 4) is 5.75 Å². The molecule has 0 aliphatic heterocycles. The summed E-state index contributed by atoms with van der Waals surface area (Å²) >= 11 is 0. The Bertz CT molecular complexity index is 1040. The summed E-state index contributed by atoms with van der Waals surface area (Å²) in [6.07, 6.45) is -4.40. The van der Waals surface area contributed by atoms with Crippen LogP contribution in [0.3, 0.4) is 0 Å². The first-order chi connectivity index (χ1) is 13.7. The molecule has 5 nitrogen and oxygen atoms in total. The second kappa shape index (κ2) is 7.98. The Labute approximate surface area is 166 Å². The Kier molecular flexibility index (Phi) is 5.63. The molecular formula is C21H20F3N3O2. The Balaban J connectivity index is 1.85. The molecule has 0 unspecified atom stereocenters. The van der Waals surface area contributed by atoms with Crippen molar-refractivity contribution in [2.45, 2.75) is 26.6 Å². The van der Waals surface area contributed by atoms with Crippen LogP contribution < -0.4 is 10.1 Å². The van der Waals surface area contributed by atoms with Crippen LogP contribution in [0.4, 0.5) is 18.9 Å². The Hall–Kier alpha value is -3.29. The molecule has 1 amide bonds. The van der Waals surface area contributed by atoms with E-state index < -0.39 is 11.7 Å². The number of carbonyl (C=O) groups excluding carboxylic acids is 1. The topological polar surface area (TPSA) is 56.1 Å². The largest absolute Gasteiger partial charge is 0.496 e. The summed E-state index contributed by atoms with van der Waals surface area (Å²) in [6, 6.07) is 11.9. The molecule has 0 spiro atoms. The molecule has 29 heavy (non-hydrogen) atoms. The molecule has 1 N–H and O–H groups in total. The van der Waals surface area contributed by atoms with E-state index in [-0.39, 0.29) is 12.5 Å². The Morgan fingerprint density at radius 1 is 1.14 bits per heavy atom. The summed E-state index contributed by atoms with van der Waals surface area (Å²) in [5.74, 6) is 0.0870. The number of amides is 1. The van der Waals surface area contributed by atoms with E-state index in [2.05, 4.69) is 10.4 Å². The first-order valence-electron chi connectivity index (χ1n) is 8.85. The number of para-hydroxylation sites is 1. The van der Waals surface area contributed by atoms with Crippen LogP contribution >= 0.6 is 0 Å². The highest BCUT2D eigenvalue weighted by molar-refractivity contribution is 6.06. The van der Waals surface area contributed by atoms with Gasteiger partial charge in [-0.05, 0) is 43.7 Å². The first-order valence-corrected chi connectivity index (χ1v) is 8.85. The third kappa shape index (κ3) is 4.42. The van der Waals surface area contributed by atoms with E-state index in [0.717, 1.165) is 12.1 Å². The van der Waals surface area contributed by atoms with Gasteiger partial charge in [-0.3, -0.25) is 9.48 Å². The molecule has 0 saturated heterocycles. The van der Waals surface area contributed by atoms with Crippen molar-refractivity contribution in [1.82, 2.24) is 9.78 Å². The number of ether oxygens (including phenoxy) is 1. The lowest BCUT2D eigenvalue weighted by Gasteiger charge is -2.11. The molecule has 3 rings (SSSR count). The number of benzene rings is 2. The smallest absolute Gasteiger partial charge is 0.416 e. The number of hydrogen-bond donors (Lipinski definition) is 1. The molecule has 0 aliphatic rings. The molecule has 3 aromatic rings. The number of methoxy groups -OCH3 is 1. The number of carbonyl (C=O) groups is 1. The van der Waals surface area contributed by atoms with Crippen molar-refractivity contribution >= 4 is 11.6 Å². The quantitative estimate of drug-likeness (QED) is 0.664. The average molecular weight is 403 g/mol. The second-order valence-electron chi connectivity index (χ2n) is 6.56. The molecule has 1 heterocycles. The highest BCUT2D eigenvalue weighted by Gasteiger charge is 2.30. The fraction of sp³-hybridized carbons (Fsp3) is 0.238. The van der Waals surface area contributed by atoms with Crippen molar-refractivity contribution in [3.63, 3.8) is 0 Å². The summed E-state index contributed by atoms with van der Waals surface area (Å²) < 4.78 is 45.6. The summed E-state index contributed by atoms with van der Waals surface area (Å²) in [5, 5.41) is 7.21. The maximum atomic E-state index is 12.9. The summed E-state index contributed by atoms with van der Waals surface area (Å²) in [6.45, 7) is 3.64. The van der Waals surface area contributed by atoms with E-state index in [1.54, 1.807) is 48.9 Å². The number of rotatable bonds is 5. The van der Waals surface area contributed by atoms with Crippen LogP contribution in [0.5, 0.6) is 5.75 Å². The van der Waals surface area contributed by atoms with Gasteiger partial charge in [0, 0.05) is 0 Å². The molecule has 0 bridgehead atoms. The molecule has 0 fully saturated rings. The molecule has 2 aromatic carbocycles. The Morgan fingerprint density at radius 2 is 1.86 bits per heavy atom. The fourth-order valence-electron chi connectivity index (χ4n) is 3.06. The number of nitrogens with zero attached hydrogens (tertiary/aromatic N) is 2. The van der Waals surface area contributed by atoms with E-state index >= 15 is 0 Å². The second-order valence-corrected chi connectivity index (χ2v) is 6.56. The van der Waals surface area contributed by atoms with E-state index in [1.807, 2.05) is 0 Å². The predicted molar refractivity (Wildman–Crippen MR) is 103 cm³/mol. The molecule has 8 heteroatoms. The standard InChI is InChI=1S/C21H20F3N3O2/c1-13-19(25-20(28)17-9-4-5-10-18(17)29-3)14(2)27(26-13)12-15-7-6-8-16(11-15)21(22,23)24/h4-11H,12H2,1-3H3,(H,25,28). The van der Waals surface area contributed by atoms with Gasteiger partial charge >= 0.3 is 6.18 Å². The number of aromatic nitrogens is 2. The first kappa shape index (κ1) is 20.4.